The van der Waals surface area contributed by atoms with Crippen LogP contribution in [0.2, 0.25) is 0 Å². The van der Waals surface area contributed by atoms with E-state index in [9.17, 15) is 9.59 Å². The molecule has 2 amide bonds. The van der Waals surface area contributed by atoms with Gasteiger partial charge in [0.25, 0.3) is 11.8 Å². The van der Waals surface area contributed by atoms with Gasteiger partial charge in [0.1, 0.15) is 0 Å². The number of amides is 2. The van der Waals surface area contributed by atoms with Gasteiger partial charge in [0.2, 0.25) is 0 Å². The summed E-state index contributed by atoms with van der Waals surface area (Å²) in [5.41, 5.74) is 6.28. The second-order valence-corrected chi connectivity index (χ2v) is 11.5. The van der Waals surface area contributed by atoms with Gasteiger partial charge >= 0.3 is 0 Å². The number of fused-ring (bicyclic) bond motifs is 6. The average Bonchev–Trinajstić information content (AvgIpc) is 3.51. The van der Waals surface area contributed by atoms with E-state index < -0.39 is 0 Å². The number of hydrogen-bond donors (Lipinski definition) is 0. The Morgan fingerprint density at radius 2 is 1.09 bits per heavy atom. The van der Waals surface area contributed by atoms with Crippen LogP contribution in [0.3, 0.4) is 0 Å². The summed E-state index contributed by atoms with van der Waals surface area (Å²) < 4.78 is 8.56. The van der Waals surface area contributed by atoms with Crippen LogP contribution >= 0.6 is 0 Å². The summed E-state index contributed by atoms with van der Waals surface area (Å²) in [6.07, 6.45) is 3.97. The summed E-state index contributed by atoms with van der Waals surface area (Å²) in [4.78, 5) is 31.3. The molecule has 0 saturated carbocycles. The summed E-state index contributed by atoms with van der Waals surface area (Å²) in [5.74, 6) is 0.990. The first-order valence-corrected chi connectivity index (χ1v) is 15.3. The molecule has 5 aromatic carbocycles. The maximum atomic E-state index is 13.9. The van der Waals surface area contributed by atoms with Crippen molar-refractivity contribution in [1.82, 2.24) is 9.47 Å². The molecule has 2 aliphatic rings. The van der Waals surface area contributed by atoms with Gasteiger partial charge in [0, 0.05) is 17.3 Å². The van der Waals surface area contributed by atoms with Gasteiger partial charge in [-0.2, -0.15) is 0 Å². The smallest absolute Gasteiger partial charge is 0.261 e. The predicted octanol–water partition coefficient (Wildman–Crippen LogP) is 9.54. The first-order valence-electron chi connectivity index (χ1n) is 15.3. The first kappa shape index (κ1) is 26.3. The van der Waals surface area contributed by atoms with Gasteiger partial charge in [-0.25, -0.2) is 0 Å². The monoisotopic (exact) mass is 577 g/mol. The van der Waals surface area contributed by atoms with E-state index in [0.717, 1.165) is 81.7 Å². The molecule has 6 aromatic rings. The molecule has 0 radical (unpaired) electrons. The molecule has 3 heterocycles. The van der Waals surface area contributed by atoms with E-state index in [0.29, 0.717) is 17.7 Å². The highest BCUT2D eigenvalue weighted by molar-refractivity contribution is 6.22. The van der Waals surface area contributed by atoms with Crippen molar-refractivity contribution in [2.75, 3.05) is 11.4 Å². The summed E-state index contributed by atoms with van der Waals surface area (Å²) in [6, 6.07) is 36.4. The van der Waals surface area contributed by atoms with E-state index in [1.165, 1.54) is 4.90 Å². The zero-order valence-electron chi connectivity index (χ0n) is 24.5. The Bertz CT molecular complexity index is 2010. The minimum absolute atomic E-state index is 0.224. The van der Waals surface area contributed by atoms with Gasteiger partial charge in [0.15, 0.2) is 11.5 Å². The second-order valence-electron chi connectivity index (χ2n) is 11.5. The van der Waals surface area contributed by atoms with Crippen molar-refractivity contribution in [3.8, 4) is 17.2 Å². The largest absolute Gasteiger partial charge is 0.453 e. The lowest BCUT2D eigenvalue weighted by Gasteiger charge is -2.34. The van der Waals surface area contributed by atoms with E-state index in [4.69, 9.17) is 4.74 Å². The third-order valence-corrected chi connectivity index (χ3v) is 8.80. The van der Waals surface area contributed by atoms with E-state index in [2.05, 4.69) is 52.8 Å². The SMILES string of the molecule is CCCCCCN1C(=O)c2cc(N3c4ccccc4Oc4ccccc43)c(-n3c4ccccc4c4ccccc43)cc2C1=O. The van der Waals surface area contributed by atoms with Crippen molar-refractivity contribution >= 4 is 50.7 Å². The summed E-state index contributed by atoms with van der Waals surface area (Å²) in [5, 5.41) is 2.24. The Hall–Kier alpha value is -5.36. The number of carbonyl (C=O) groups excluding carboxylic acids is 2. The van der Waals surface area contributed by atoms with E-state index >= 15 is 0 Å². The van der Waals surface area contributed by atoms with E-state index in [1.807, 2.05) is 72.8 Å². The number of ether oxygens (including phenoxy) is 1. The summed E-state index contributed by atoms with van der Waals surface area (Å²) >= 11 is 0. The topological polar surface area (TPSA) is 54.8 Å². The molecule has 0 spiro atoms. The van der Waals surface area contributed by atoms with E-state index in [-0.39, 0.29) is 11.8 Å². The summed E-state index contributed by atoms with van der Waals surface area (Å²) in [7, 11) is 0. The van der Waals surface area contributed by atoms with Crippen LogP contribution in [0.5, 0.6) is 11.5 Å². The Balaban J connectivity index is 1.41. The third-order valence-electron chi connectivity index (χ3n) is 8.80. The van der Waals surface area contributed by atoms with Crippen LogP contribution < -0.4 is 9.64 Å². The molecular formula is C38H31N3O3. The van der Waals surface area contributed by atoms with Gasteiger partial charge in [-0.3, -0.25) is 14.5 Å². The number of carbonyl (C=O) groups is 2. The van der Waals surface area contributed by atoms with Crippen molar-refractivity contribution in [1.29, 1.82) is 0 Å². The molecule has 216 valence electrons. The minimum atomic E-state index is -0.230. The molecule has 0 atom stereocenters. The fraction of sp³-hybridized carbons (Fsp3) is 0.158. The van der Waals surface area contributed by atoms with Gasteiger partial charge in [-0.05, 0) is 55.0 Å². The lowest BCUT2D eigenvalue weighted by atomic mass is 10.0. The molecule has 1 aromatic heterocycles. The fourth-order valence-corrected chi connectivity index (χ4v) is 6.72. The molecule has 0 saturated heterocycles. The van der Waals surface area contributed by atoms with Crippen LogP contribution in [-0.4, -0.2) is 27.8 Å². The van der Waals surface area contributed by atoms with E-state index in [1.54, 1.807) is 0 Å². The molecule has 6 nitrogen and oxygen atoms in total. The number of imide groups is 1. The van der Waals surface area contributed by atoms with Crippen LogP contribution in [0, 0.1) is 0 Å². The summed E-state index contributed by atoms with van der Waals surface area (Å²) in [6.45, 7) is 2.58. The Kier molecular flexibility index (Phi) is 6.22. The molecule has 8 rings (SSSR count). The average molecular weight is 578 g/mol. The van der Waals surface area contributed by atoms with Crippen molar-refractivity contribution in [2.45, 2.75) is 32.6 Å². The minimum Gasteiger partial charge on any atom is -0.453 e. The van der Waals surface area contributed by atoms with Gasteiger partial charge < -0.3 is 14.2 Å². The predicted molar refractivity (Wildman–Crippen MR) is 175 cm³/mol. The number of hydrogen-bond acceptors (Lipinski definition) is 4. The van der Waals surface area contributed by atoms with Crippen molar-refractivity contribution in [3.63, 3.8) is 0 Å². The normalized spacial score (nSPS) is 13.8. The molecule has 2 aliphatic heterocycles. The van der Waals surface area contributed by atoms with Crippen LogP contribution in [0.25, 0.3) is 27.5 Å². The molecule has 0 bridgehead atoms. The highest BCUT2D eigenvalue weighted by Gasteiger charge is 2.38. The molecule has 0 fully saturated rings. The zero-order valence-corrected chi connectivity index (χ0v) is 24.5. The molecule has 0 N–H and O–H groups in total. The van der Waals surface area contributed by atoms with Crippen molar-refractivity contribution in [2.24, 2.45) is 0 Å². The molecular weight excluding hydrogens is 546 g/mol. The number of nitrogens with zero attached hydrogens (tertiary/aromatic N) is 3. The number of rotatable bonds is 7. The van der Waals surface area contributed by atoms with Crippen LogP contribution in [-0.2, 0) is 0 Å². The van der Waals surface area contributed by atoms with Gasteiger partial charge in [-0.1, -0.05) is 86.8 Å². The van der Waals surface area contributed by atoms with Crippen LogP contribution in [0.1, 0.15) is 53.3 Å². The third kappa shape index (κ3) is 3.94. The Labute approximate surface area is 255 Å². The number of benzene rings is 5. The maximum Gasteiger partial charge on any atom is 0.261 e. The fourth-order valence-electron chi connectivity index (χ4n) is 6.72. The number of anilines is 3. The lowest BCUT2D eigenvalue weighted by Crippen LogP contribution is -2.30. The molecule has 0 unspecified atom stereocenters. The highest BCUT2D eigenvalue weighted by atomic mass is 16.5. The van der Waals surface area contributed by atoms with Gasteiger partial charge in [-0.15, -0.1) is 0 Å². The Morgan fingerprint density at radius 1 is 0.568 bits per heavy atom. The zero-order chi connectivity index (χ0) is 29.8. The maximum absolute atomic E-state index is 13.9. The first-order chi connectivity index (χ1) is 21.7. The van der Waals surface area contributed by atoms with Crippen LogP contribution in [0.15, 0.2) is 109 Å². The van der Waals surface area contributed by atoms with Crippen molar-refractivity contribution < 1.29 is 14.3 Å². The second kappa shape index (κ2) is 10.4. The quantitative estimate of drug-likeness (QED) is 0.140. The van der Waals surface area contributed by atoms with Gasteiger partial charge in [0.05, 0.1) is 44.9 Å². The number of aromatic nitrogens is 1. The van der Waals surface area contributed by atoms with Crippen molar-refractivity contribution in [3.05, 3.63) is 120 Å². The highest BCUT2D eigenvalue weighted by Crippen LogP contribution is 2.52. The number of para-hydroxylation sites is 6. The lowest BCUT2D eigenvalue weighted by molar-refractivity contribution is 0.0651. The molecule has 0 aliphatic carbocycles. The molecule has 44 heavy (non-hydrogen) atoms. The number of unbranched alkanes of at least 4 members (excludes halogenated alkanes) is 3. The molecule has 6 heteroatoms. The van der Waals surface area contributed by atoms with Crippen LogP contribution in [0.4, 0.5) is 17.1 Å². The Morgan fingerprint density at radius 3 is 1.68 bits per heavy atom. The standard InChI is InChI=1S/C38H31N3O3/c1-2-3-4-13-22-39-37(42)27-23-33(40-29-16-7-5-14-25(29)26-15-6-8-17-30(26)40)34(24-28(27)38(39)43)41-31-18-9-11-20-35(31)44-36-21-12-10-19-32(36)41/h5-12,14-21,23-24H,2-4,13,22H2,1H3.